The molecular formula is C19H33N7O7. The molecule has 0 saturated carbocycles. The van der Waals surface area contributed by atoms with Gasteiger partial charge in [-0.3, -0.25) is 24.2 Å². The lowest BCUT2D eigenvalue weighted by atomic mass is 10.1. The smallest absolute Gasteiger partial charge is 0.326 e. The van der Waals surface area contributed by atoms with Crippen LogP contribution in [0.1, 0.15) is 45.4 Å². The molecule has 1 aliphatic heterocycles. The molecule has 0 radical (unpaired) electrons. The SMILES string of the molecule is CC(NC(=O)C(N)CCC(=O)O)C(=O)N1CCCC1C(=O)NC(CCCN=C(N)N)C(=O)O. The molecule has 14 nitrogen and oxygen atoms in total. The van der Waals surface area contributed by atoms with E-state index in [1.807, 2.05) is 0 Å². The van der Waals surface area contributed by atoms with Gasteiger partial charge in [0.1, 0.15) is 18.1 Å². The van der Waals surface area contributed by atoms with Crippen molar-refractivity contribution >= 4 is 35.6 Å². The van der Waals surface area contributed by atoms with Gasteiger partial charge in [-0.25, -0.2) is 4.79 Å². The van der Waals surface area contributed by atoms with Crippen LogP contribution in [0.4, 0.5) is 0 Å². The second-order valence-corrected chi connectivity index (χ2v) is 7.81. The van der Waals surface area contributed by atoms with Crippen LogP contribution in [0.2, 0.25) is 0 Å². The van der Waals surface area contributed by atoms with Crippen molar-refractivity contribution in [3.63, 3.8) is 0 Å². The Labute approximate surface area is 190 Å². The Hall–Kier alpha value is -3.42. The standard InChI is InChI=1S/C19H33N7O7/c1-10(24-15(29)11(20)6-7-14(27)28)17(31)26-9-3-5-13(26)16(30)25-12(18(32)33)4-2-8-23-19(21)22/h10-13H,2-9,20H2,1H3,(H,24,29)(H,25,30)(H,27,28)(H,32,33)(H4,21,22,23). The first-order valence-electron chi connectivity index (χ1n) is 10.6. The van der Waals surface area contributed by atoms with Crippen molar-refractivity contribution in [3.8, 4) is 0 Å². The first-order chi connectivity index (χ1) is 15.4. The summed E-state index contributed by atoms with van der Waals surface area (Å²) in [5.41, 5.74) is 16.1. The van der Waals surface area contributed by atoms with Crippen LogP contribution in [0.15, 0.2) is 4.99 Å². The number of hydrogen-bond donors (Lipinski definition) is 7. The predicted molar refractivity (Wildman–Crippen MR) is 117 cm³/mol. The number of likely N-dealkylation sites (tertiary alicyclic amines) is 1. The summed E-state index contributed by atoms with van der Waals surface area (Å²) in [6.45, 7) is 1.91. The van der Waals surface area contributed by atoms with Gasteiger partial charge in [0.15, 0.2) is 5.96 Å². The average molecular weight is 472 g/mol. The molecule has 0 aromatic heterocycles. The van der Waals surface area contributed by atoms with E-state index in [2.05, 4.69) is 15.6 Å². The van der Waals surface area contributed by atoms with E-state index in [0.29, 0.717) is 19.3 Å². The van der Waals surface area contributed by atoms with Crippen molar-refractivity contribution < 1.29 is 34.2 Å². The van der Waals surface area contributed by atoms with Crippen LogP contribution in [0.25, 0.3) is 0 Å². The zero-order valence-corrected chi connectivity index (χ0v) is 18.5. The number of hydrogen-bond acceptors (Lipinski definition) is 7. The summed E-state index contributed by atoms with van der Waals surface area (Å²) in [6.07, 6.45) is 0.924. The summed E-state index contributed by atoms with van der Waals surface area (Å²) >= 11 is 0. The number of carbonyl (C=O) groups is 5. The van der Waals surface area contributed by atoms with Gasteiger partial charge >= 0.3 is 11.9 Å². The van der Waals surface area contributed by atoms with Crippen molar-refractivity contribution in [1.29, 1.82) is 0 Å². The molecule has 3 amide bonds. The molecule has 0 aliphatic carbocycles. The van der Waals surface area contributed by atoms with E-state index < -0.39 is 53.8 Å². The first kappa shape index (κ1) is 27.6. The molecule has 10 N–H and O–H groups in total. The minimum atomic E-state index is -1.22. The molecule has 0 bridgehead atoms. The Kier molecular flexibility index (Phi) is 11.0. The maximum absolute atomic E-state index is 12.8. The first-order valence-corrected chi connectivity index (χ1v) is 10.6. The van der Waals surface area contributed by atoms with Gasteiger partial charge in [-0.2, -0.15) is 0 Å². The summed E-state index contributed by atoms with van der Waals surface area (Å²) < 4.78 is 0. The lowest BCUT2D eigenvalue weighted by Gasteiger charge is -2.28. The number of carboxylic acid groups (broad SMARTS) is 2. The Bertz CT molecular complexity index is 770. The molecule has 1 fully saturated rings. The minimum Gasteiger partial charge on any atom is -0.481 e. The number of nitrogens with one attached hydrogen (secondary N) is 2. The summed E-state index contributed by atoms with van der Waals surface area (Å²) in [5, 5.41) is 23.0. The fraction of sp³-hybridized carbons (Fsp3) is 0.684. The van der Waals surface area contributed by atoms with Crippen LogP contribution >= 0.6 is 0 Å². The topological polar surface area (TPSA) is 244 Å². The van der Waals surface area contributed by atoms with E-state index in [-0.39, 0.29) is 38.3 Å². The molecule has 1 heterocycles. The van der Waals surface area contributed by atoms with Crippen LogP contribution in [-0.4, -0.2) is 88.0 Å². The lowest BCUT2D eigenvalue weighted by Crippen LogP contribution is -2.56. The number of carbonyl (C=O) groups excluding carboxylic acids is 3. The van der Waals surface area contributed by atoms with E-state index in [9.17, 15) is 29.1 Å². The maximum atomic E-state index is 12.8. The number of carboxylic acids is 2. The highest BCUT2D eigenvalue weighted by atomic mass is 16.4. The number of aliphatic carboxylic acids is 2. The monoisotopic (exact) mass is 471 g/mol. The molecule has 14 heteroatoms. The van der Waals surface area contributed by atoms with Crippen molar-refractivity contribution in [3.05, 3.63) is 0 Å². The number of aliphatic imine (C=N–C) groups is 1. The summed E-state index contributed by atoms with van der Waals surface area (Å²) in [7, 11) is 0. The van der Waals surface area contributed by atoms with Gasteiger partial charge in [0, 0.05) is 19.5 Å². The van der Waals surface area contributed by atoms with Crippen LogP contribution < -0.4 is 27.8 Å². The van der Waals surface area contributed by atoms with Crippen LogP contribution in [-0.2, 0) is 24.0 Å². The van der Waals surface area contributed by atoms with Gasteiger partial charge in [-0.05, 0) is 39.0 Å². The molecule has 33 heavy (non-hydrogen) atoms. The van der Waals surface area contributed by atoms with Gasteiger partial charge in [0.05, 0.1) is 6.04 Å². The van der Waals surface area contributed by atoms with E-state index >= 15 is 0 Å². The molecule has 4 atom stereocenters. The largest absolute Gasteiger partial charge is 0.481 e. The zero-order valence-electron chi connectivity index (χ0n) is 18.5. The Morgan fingerprint density at radius 3 is 2.36 bits per heavy atom. The summed E-state index contributed by atoms with van der Waals surface area (Å²) in [4.78, 5) is 64.8. The highest BCUT2D eigenvalue weighted by Gasteiger charge is 2.37. The van der Waals surface area contributed by atoms with E-state index in [1.165, 1.54) is 11.8 Å². The Morgan fingerprint density at radius 2 is 1.79 bits per heavy atom. The highest BCUT2D eigenvalue weighted by molar-refractivity contribution is 5.94. The van der Waals surface area contributed by atoms with Gasteiger partial charge in [-0.15, -0.1) is 0 Å². The number of amides is 3. The van der Waals surface area contributed by atoms with E-state index in [1.54, 1.807) is 0 Å². The highest BCUT2D eigenvalue weighted by Crippen LogP contribution is 2.19. The average Bonchev–Trinajstić information content (AvgIpc) is 3.22. The molecule has 1 rings (SSSR count). The molecule has 0 aromatic carbocycles. The molecule has 0 spiro atoms. The predicted octanol–water partition coefficient (Wildman–Crippen LogP) is -2.70. The molecule has 1 saturated heterocycles. The molecule has 186 valence electrons. The number of rotatable bonds is 13. The zero-order chi connectivity index (χ0) is 25.1. The quantitative estimate of drug-likeness (QED) is 0.0831. The molecular weight excluding hydrogens is 438 g/mol. The normalized spacial score (nSPS) is 18.0. The third-order valence-corrected chi connectivity index (χ3v) is 5.13. The van der Waals surface area contributed by atoms with Crippen molar-refractivity contribution in [1.82, 2.24) is 15.5 Å². The lowest BCUT2D eigenvalue weighted by molar-refractivity contribution is -0.145. The third-order valence-electron chi connectivity index (χ3n) is 5.13. The third kappa shape index (κ3) is 9.31. The Morgan fingerprint density at radius 1 is 1.12 bits per heavy atom. The second kappa shape index (κ2) is 13.2. The van der Waals surface area contributed by atoms with E-state index in [4.69, 9.17) is 22.3 Å². The van der Waals surface area contributed by atoms with Crippen molar-refractivity contribution in [2.45, 2.75) is 69.6 Å². The molecule has 1 aliphatic rings. The van der Waals surface area contributed by atoms with Gasteiger partial charge < -0.3 is 42.9 Å². The maximum Gasteiger partial charge on any atom is 0.326 e. The molecule has 4 unspecified atom stereocenters. The van der Waals surface area contributed by atoms with Crippen molar-refractivity contribution in [2.75, 3.05) is 13.1 Å². The van der Waals surface area contributed by atoms with Gasteiger partial charge in [-0.1, -0.05) is 0 Å². The fourth-order valence-electron chi connectivity index (χ4n) is 3.37. The van der Waals surface area contributed by atoms with Crippen LogP contribution in [0, 0.1) is 0 Å². The number of guanidine groups is 1. The number of nitrogens with zero attached hydrogens (tertiary/aromatic N) is 2. The minimum absolute atomic E-state index is 0.0867. The van der Waals surface area contributed by atoms with Crippen molar-refractivity contribution in [2.24, 2.45) is 22.2 Å². The second-order valence-electron chi connectivity index (χ2n) is 7.81. The number of nitrogens with two attached hydrogens (primary N) is 3. The van der Waals surface area contributed by atoms with Crippen LogP contribution in [0.3, 0.4) is 0 Å². The summed E-state index contributed by atoms with van der Waals surface area (Å²) in [6, 6.07) is -4.15. The summed E-state index contributed by atoms with van der Waals surface area (Å²) in [5.74, 6) is -4.24. The van der Waals surface area contributed by atoms with Gasteiger partial charge in [0.25, 0.3) is 0 Å². The fourth-order valence-corrected chi connectivity index (χ4v) is 3.37. The van der Waals surface area contributed by atoms with E-state index in [0.717, 1.165) is 0 Å². The van der Waals surface area contributed by atoms with Gasteiger partial charge in [0.2, 0.25) is 17.7 Å². The molecule has 0 aromatic rings. The Balaban J connectivity index is 2.68. The van der Waals surface area contributed by atoms with Crippen LogP contribution in [0.5, 0.6) is 0 Å².